The van der Waals surface area contributed by atoms with Gasteiger partial charge in [0.25, 0.3) is 0 Å². The molecule has 0 radical (unpaired) electrons. The first-order valence-corrected chi connectivity index (χ1v) is 6.74. The van der Waals surface area contributed by atoms with E-state index in [1.165, 1.54) is 6.42 Å². The molecule has 2 unspecified atom stereocenters. The number of hydrogen-bond acceptors (Lipinski definition) is 3. The molecule has 0 amide bonds. The first-order chi connectivity index (χ1) is 8.62. The molecule has 3 nitrogen and oxygen atoms in total. The van der Waals surface area contributed by atoms with Crippen molar-refractivity contribution in [2.24, 2.45) is 11.7 Å². The van der Waals surface area contributed by atoms with Crippen LogP contribution in [-0.2, 0) is 0 Å². The maximum Gasteiger partial charge on any atom is 0.125 e. The van der Waals surface area contributed by atoms with Gasteiger partial charge in [-0.05, 0) is 43.4 Å². The molecular formula is C15H21NO2. The third-order valence-corrected chi connectivity index (χ3v) is 4.35. The van der Waals surface area contributed by atoms with Crippen molar-refractivity contribution in [3.63, 3.8) is 0 Å². The minimum absolute atomic E-state index is 0.0135. The highest BCUT2D eigenvalue weighted by Gasteiger charge is 2.44. The van der Waals surface area contributed by atoms with E-state index in [2.05, 4.69) is 6.92 Å². The molecule has 2 N–H and O–H groups in total. The molecule has 1 aliphatic heterocycles. The van der Waals surface area contributed by atoms with Gasteiger partial charge in [-0.3, -0.25) is 0 Å². The topological polar surface area (TPSA) is 44.5 Å². The summed E-state index contributed by atoms with van der Waals surface area (Å²) >= 11 is 0. The Hall–Kier alpha value is -1.22. The summed E-state index contributed by atoms with van der Waals surface area (Å²) in [6.45, 7) is 2.30. The average Bonchev–Trinajstić information content (AvgIpc) is 2.70. The highest BCUT2D eigenvalue weighted by Crippen LogP contribution is 2.48. The first kappa shape index (κ1) is 11.8. The van der Waals surface area contributed by atoms with Crippen LogP contribution in [0.5, 0.6) is 11.5 Å². The van der Waals surface area contributed by atoms with E-state index in [0.717, 1.165) is 42.2 Å². The normalized spacial score (nSPS) is 34.2. The van der Waals surface area contributed by atoms with Crippen LogP contribution in [0.25, 0.3) is 0 Å². The van der Waals surface area contributed by atoms with Crippen LogP contribution in [-0.4, -0.2) is 12.7 Å². The van der Waals surface area contributed by atoms with Gasteiger partial charge >= 0.3 is 0 Å². The van der Waals surface area contributed by atoms with Crippen LogP contribution in [0.4, 0.5) is 0 Å². The van der Waals surface area contributed by atoms with Gasteiger partial charge in [0.1, 0.15) is 17.1 Å². The second kappa shape index (κ2) is 4.16. The highest BCUT2D eigenvalue weighted by atomic mass is 16.5. The Morgan fingerprint density at radius 2 is 2.22 bits per heavy atom. The maximum absolute atomic E-state index is 6.33. The second-order valence-corrected chi connectivity index (χ2v) is 5.85. The van der Waals surface area contributed by atoms with Crippen LogP contribution in [0.3, 0.4) is 0 Å². The van der Waals surface area contributed by atoms with Crippen LogP contribution in [0.1, 0.15) is 44.2 Å². The Balaban J connectivity index is 1.93. The van der Waals surface area contributed by atoms with E-state index in [9.17, 15) is 0 Å². The zero-order valence-corrected chi connectivity index (χ0v) is 11.1. The molecule has 1 aromatic rings. The lowest BCUT2D eigenvalue weighted by Gasteiger charge is -2.39. The smallest absolute Gasteiger partial charge is 0.125 e. The molecule has 1 fully saturated rings. The molecule has 1 aromatic carbocycles. The lowest BCUT2D eigenvalue weighted by Crippen LogP contribution is -2.40. The fourth-order valence-electron chi connectivity index (χ4n) is 3.45. The van der Waals surface area contributed by atoms with Gasteiger partial charge in [-0.1, -0.05) is 6.92 Å². The molecular weight excluding hydrogens is 226 g/mol. The van der Waals surface area contributed by atoms with Crippen molar-refractivity contribution in [1.82, 2.24) is 0 Å². The second-order valence-electron chi connectivity index (χ2n) is 5.85. The maximum atomic E-state index is 6.33. The molecule has 3 atom stereocenters. The van der Waals surface area contributed by atoms with Gasteiger partial charge in [0.05, 0.1) is 7.11 Å². The number of methoxy groups -OCH3 is 1. The lowest BCUT2D eigenvalue weighted by molar-refractivity contribution is 0.0392. The van der Waals surface area contributed by atoms with E-state index in [1.54, 1.807) is 7.11 Å². The van der Waals surface area contributed by atoms with E-state index in [-0.39, 0.29) is 11.6 Å². The molecule has 1 spiro atoms. The molecule has 98 valence electrons. The summed E-state index contributed by atoms with van der Waals surface area (Å²) in [7, 11) is 1.68. The van der Waals surface area contributed by atoms with Gasteiger partial charge in [-0.25, -0.2) is 0 Å². The number of nitrogens with two attached hydrogens (primary N) is 1. The van der Waals surface area contributed by atoms with Gasteiger partial charge in [-0.15, -0.1) is 0 Å². The zero-order valence-electron chi connectivity index (χ0n) is 11.1. The lowest BCUT2D eigenvalue weighted by atomic mass is 9.86. The minimum Gasteiger partial charge on any atom is -0.497 e. The summed E-state index contributed by atoms with van der Waals surface area (Å²) in [4.78, 5) is 0. The number of hydrogen-bond donors (Lipinski definition) is 1. The number of fused-ring (bicyclic) bond motifs is 1. The SMILES string of the molecule is COc1ccc2c(c1)[C@@H](N)CC1(CCC(C)C1)O2. The van der Waals surface area contributed by atoms with E-state index >= 15 is 0 Å². The number of rotatable bonds is 1. The fraction of sp³-hybridized carbons (Fsp3) is 0.600. The summed E-state index contributed by atoms with van der Waals surface area (Å²) < 4.78 is 11.5. The van der Waals surface area contributed by atoms with Gasteiger partial charge < -0.3 is 15.2 Å². The molecule has 0 bridgehead atoms. The third kappa shape index (κ3) is 1.87. The van der Waals surface area contributed by atoms with Crippen molar-refractivity contribution in [2.45, 2.75) is 44.2 Å². The predicted octanol–water partition coefficient (Wildman–Crippen LogP) is 3.04. The zero-order chi connectivity index (χ0) is 12.8. The third-order valence-electron chi connectivity index (χ3n) is 4.35. The summed E-state index contributed by atoms with van der Waals surface area (Å²) in [5.41, 5.74) is 7.40. The molecule has 0 saturated heterocycles. The van der Waals surface area contributed by atoms with Crippen LogP contribution >= 0.6 is 0 Å². The largest absolute Gasteiger partial charge is 0.497 e. The summed E-state index contributed by atoms with van der Waals surface area (Å²) in [6.07, 6.45) is 4.44. The van der Waals surface area contributed by atoms with E-state index in [0.29, 0.717) is 0 Å². The summed E-state index contributed by atoms with van der Waals surface area (Å²) in [6, 6.07) is 6.01. The number of benzene rings is 1. The molecule has 18 heavy (non-hydrogen) atoms. The van der Waals surface area contributed by atoms with Crippen LogP contribution in [0.15, 0.2) is 18.2 Å². The van der Waals surface area contributed by atoms with E-state index < -0.39 is 0 Å². The molecule has 1 heterocycles. The Morgan fingerprint density at radius 3 is 2.89 bits per heavy atom. The van der Waals surface area contributed by atoms with Crippen LogP contribution in [0.2, 0.25) is 0 Å². The van der Waals surface area contributed by atoms with Crippen molar-refractivity contribution in [2.75, 3.05) is 7.11 Å². The molecule has 1 saturated carbocycles. The summed E-state index contributed by atoms with van der Waals surface area (Å²) in [5.74, 6) is 2.55. The van der Waals surface area contributed by atoms with Gasteiger partial charge in [-0.2, -0.15) is 0 Å². The number of ether oxygens (including phenoxy) is 2. The van der Waals surface area contributed by atoms with E-state index in [1.807, 2.05) is 18.2 Å². The van der Waals surface area contributed by atoms with Crippen LogP contribution < -0.4 is 15.2 Å². The van der Waals surface area contributed by atoms with E-state index in [4.69, 9.17) is 15.2 Å². The van der Waals surface area contributed by atoms with Crippen molar-refractivity contribution in [3.8, 4) is 11.5 Å². The Kier molecular flexibility index (Phi) is 2.74. The van der Waals surface area contributed by atoms with Crippen molar-refractivity contribution >= 4 is 0 Å². The first-order valence-electron chi connectivity index (χ1n) is 6.74. The molecule has 1 aliphatic carbocycles. The van der Waals surface area contributed by atoms with Crippen molar-refractivity contribution < 1.29 is 9.47 Å². The molecule has 2 aliphatic rings. The Labute approximate surface area is 108 Å². The van der Waals surface area contributed by atoms with Gasteiger partial charge in [0, 0.05) is 18.0 Å². The van der Waals surface area contributed by atoms with Crippen LogP contribution in [0, 0.1) is 5.92 Å². The quantitative estimate of drug-likeness (QED) is 0.829. The van der Waals surface area contributed by atoms with Gasteiger partial charge in [0.15, 0.2) is 0 Å². The molecule has 3 heteroatoms. The minimum atomic E-state index is -0.0135. The van der Waals surface area contributed by atoms with Gasteiger partial charge in [0.2, 0.25) is 0 Å². The monoisotopic (exact) mass is 247 g/mol. The predicted molar refractivity (Wildman–Crippen MR) is 70.9 cm³/mol. The van der Waals surface area contributed by atoms with Crippen molar-refractivity contribution in [1.29, 1.82) is 0 Å². The Bertz CT molecular complexity index is 460. The summed E-state index contributed by atoms with van der Waals surface area (Å²) in [5, 5.41) is 0. The highest BCUT2D eigenvalue weighted by molar-refractivity contribution is 5.44. The average molecular weight is 247 g/mol. The molecule has 3 rings (SSSR count). The molecule has 0 aromatic heterocycles. The standard InChI is InChI=1S/C15H21NO2/c1-10-5-6-15(8-10)9-13(16)12-7-11(17-2)3-4-14(12)18-15/h3-4,7,10,13H,5-6,8-9,16H2,1-2H3/t10?,13-,15?/m0/s1. The fourth-order valence-corrected chi connectivity index (χ4v) is 3.45. The van der Waals surface area contributed by atoms with Crippen molar-refractivity contribution in [3.05, 3.63) is 23.8 Å². The Morgan fingerprint density at radius 1 is 1.39 bits per heavy atom.